The maximum Gasteiger partial charge on any atom is 0.228 e. The number of anilines is 1. The summed E-state index contributed by atoms with van der Waals surface area (Å²) in [4.78, 5) is 16.3. The van der Waals surface area contributed by atoms with Gasteiger partial charge < -0.3 is 0 Å². The number of carbonyl (C=O) groups is 1. The molecule has 2 fully saturated rings. The Bertz CT molecular complexity index is 513. The summed E-state index contributed by atoms with van der Waals surface area (Å²) in [6.07, 6.45) is 2.84. The highest BCUT2D eigenvalue weighted by Crippen LogP contribution is 2.40. The van der Waals surface area contributed by atoms with Crippen LogP contribution in [0.15, 0.2) is 11.2 Å². The Morgan fingerprint density at radius 1 is 1.61 bits per heavy atom. The summed E-state index contributed by atoms with van der Waals surface area (Å²) in [5.41, 5.74) is 9.41. The normalized spacial score (nSPS) is 23.2. The third kappa shape index (κ3) is 2.04. The van der Waals surface area contributed by atoms with Gasteiger partial charge in [0.2, 0.25) is 5.91 Å². The first kappa shape index (κ1) is 11.1. The summed E-state index contributed by atoms with van der Waals surface area (Å²) in [5, 5.41) is 10.7. The molecule has 94 valence electrons. The van der Waals surface area contributed by atoms with Gasteiger partial charge in [0.05, 0.1) is 0 Å². The highest BCUT2D eigenvalue weighted by molar-refractivity contribution is 5.94. The molecular weight excluding hydrogens is 232 g/mol. The number of H-pyrrole nitrogens is 1. The first-order chi connectivity index (χ1) is 8.78. The molecule has 0 radical (unpaired) electrons. The topological polar surface area (TPSA) is 97.8 Å². The molecule has 1 aromatic rings. The number of hydrogen-bond donors (Lipinski definition) is 1. The summed E-state index contributed by atoms with van der Waals surface area (Å²) >= 11 is 0. The van der Waals surface area contributed by atoms with Crippen LogP contribution in [0.3, 0.4) is 0 Å². The Kier molecular flexibility index (Phi) is 2.68. The number of aromatic amines is 1. The Hall–Kier alpha value is -2.01. The van der Waals surface area contributed by atoms with Gasteiger partial charge in [-0.3, -0.25) is 14.8 Å². The standard InChI is InChI=1S/C11H14N6O/c12-16-13-5-7-3-11(18)17(6-7)10-4-9(14-15-10)8-1-2-8/h4,7-8H,1-3,5-6H2,(H,14,15). The molecule has 1 aliphatic carbocycles. The van der Waals surface area contributed by atoms with Crippen LogP contribution in [0.1, 0.15) is 30.9 Å². The molecular formula is C11H14N6O. The minimum absolute atomic E-state index is 0.0574. The number of azide groups is 1. The predicted octanol–water partition coefficient (Wildman–Crippen LogP) is 1.95. The number of nitrogens with one attached hydrogen (secondary N) is 1. The largest absolute Gasteiger partial charge is 0.295 e. The average Bonchev–Trinajstić information content (AvgIpc) is 2.98. The zero-order chi connectivity index (χ0) is 12.5. The molecule has 1 saturated carbocycles. The van der Waals surface area contributed by atoms with Crippen LogP contribution in [0.25, 0.3) is 10.4 Å². The smallest absolute Gasteiger partial charge is 0.228 e. The lowest BCUT2D eigenvalue weighted by Crippen LogP contribution is -2.25. The molecule has 1 unspecified atom stereocenters. The van der Waals surface area contributed by atoms with Crippen molar-refractivity contribution in [2.24, 2.45) is 11.0 Å². The van der Waals surface area contributed by atoms with Gasteiger partial charge in [0.1, 0.15) is 0 Å². The van der Waals surface area contributed by atoms with Gasteiger partial charge in [-0.25, -0.2) is 0 Å². The van der Waals surface area contributed by atoms with Crippen molar-refractivity contribution in [1.82, 2.24) is 10.2 Å². The molecule has 18 heavy (non-hydrogen) atoms. The van der Waals surface area contributed by atoms with E-state index in [4.69, 9.17) is 5.53 Å². The minimum Gasteiger partial charge on any atom is -0.295 e. The molecule has 1 saturated heterocycles. The SMILES string of the molecule is [N-]=[N+]=NCC1CC(=O)N(c2cc(C3CC3)[nH]n2)C1. The molecule has 1 aliphatic heterocycles. The minimum atomic E-state index is 0.0574. The molecule has 3 rings (SSSR count). The Balaban J connectivity index is 1.71. The van der Waals surface area contributed by atoms with Gasteiger partial charge in [-0.15, -0.1) is 0 Å². The number of nitrogens with zero attached hydrogens (tertiary/aromatic N) is 5. The predicted molar refractivity (Wildman–Crippen MR) is 65.0 cm³/mol. The quantitative estimate of drug-likeness (QED) is 0.499. The van der Waals surface area contributed by atoms with Crippen LogP contribution in [0, 0.1) is 5.92 Å². The fourth-order valence-corrected chi connectivity index (χ4v) is 2.34. The number of rotatable bonds is 4. The highest BCUT2D eigenvalue weighted by atomic mass is 16.2. The lowest BCUT2D eigenvalue weighted by atomic mass is 10.1. The van der Waals surface area contributed by atoms with Crippen LogP contribution in [-0.2, 0) is 4.79 Å². The van der Waals surface area contributed by atoms with Crippen LogP contribution in [0.2, 0.25) is 0 Å². The van der Waals surface area contributed by atoms with E-state index >= 15 is 0 Å². The van der Waals surface area contributed by atoms with Gasteiger partial charge in [0.15, 0.2) is 5.82 Å². The molecule has 2 heterocycles. The Morgan fingerprint density at radius 2 is 2.44 bits per heavy atom. The highest BCUT2D eigenvalue weighted by Gasteiger charge is 2.33. The van der Waals surface area contributed by atoms with E-state index in [9.17, 15) is 4.79 Å². The van der Waals surface area contributed by atoms with Crippen LogP contribution >= 0.6 is 0 Å². The fraction of sp³-hybridized carbons (Fsp3) is 0.636. The molecule has 1 amide bonds. The van der Waals surface area contributed by atoms with Gasteiger partial charge in [0.25, 0.3) is 0 Å². The lowest BCUT2D eigenvalue weighted by molar-refractivity contribution is -0.117. The van der Waals surface area contributed by atoms with Crippen molar-refractivity contribution >= 4 is 11.7 Å². The van der Waals surface area contributed by atoms with E-state index in [1.807, 2.05) is 6.07 Å². The number of hydrogen-bond acceptors (Lipinski definition) is 3. The molecule has 0 bridgehead atoms. The van der Waals surface area contributed by atoms with Crippen molar-refractivity contribution in [3.63, 3.8) is 0 Å². The van der Waals surface area contributed by atoms with Gasteiger partial charge in [-0.2, -0.15) is 5.10 Å². The first-order valence-electron chi connectivity index (χ1n) is 6.14. The van der Waals surface area contributed by atoms with Crippen molar-refractivity contribution < 1.29 is 4.79 Å². The van der Waals surface area contributed by atoms with Crippen molar-refractivity contribution in [2.75, 3.05) is 18.0 Å². The molecule has 1 N–H and O–H groups in total. The van der Waals surface area contributed by atoms with Gasteiger partial charge in [0, 0.05) is 42.1 Å². The summed E-state index contributed by atoms with van der Waals surface area (Å²) in [5.74, 6) is 1.46. The van der Waals surface area contributed by atoms with E-state index in [1.54, 1.807) is 4.90 Å². The lowest BCUT2D eigenvalue weighted by Gasteiger charge is -2.12. The van der Waals surface area contributed by atoms with Crippen LogP contribution < -0.4 is 4.90 Å². The second-order valence-electron chi connectivity index (χ2n) is 4.94. The van der Waals surface area contributed by atoms with Gasteiger partial charge in [-0.1, -0.05) is 5.11 Å². The summed E-state index contributed by atoms with van der Waals surface area (Å²) < 4.78 is 0. The van der Waals surface area contributed by atoms with Crippen LogP contribution in [0.4, 0.5) is 5.82 Å². The Labute approximate surface area is 104 Å². The number of amides is 1. The molecule has 0 aromatic carbocycles. The maximum atomic E-state index is 11.9. The molecule has 7 nitrogen and oxygen atoms in total. The number of carbonyl (C=O) groups excluding carboxylic acids is 1. The monoisotopic (exact) mass is 246 g/mol. The van der Waals surface area contributed by atoms with Crippen LogP contribution in [-0.4, -0.2) is 29.2 Å². The number of aromatic nitrogens is 2. The Morgan fingerprint density at radius 3 is 3.17 bits per heavy atom. The van der Waals surface area contributed by atoms with E-state index in [-0.39, 0.29) is 11.8 Å². The van der Waals surface area contributed by atoms with Gasteiger partial charge in [-0.05, 0) is 24.3 Å². The summed E-state index contributed by atoms with van der Waals surface area (Å²) in [6.45, 7) is 0.964. The molecule has 1 aromatic heterocycles. The third-order valence-corrected chi connectivity index (χ3v) is 3.49. The maximum absolute atomic E-state index is 11.9. The van der Waals surface area contributed by atoms with E-state index in [1.165, 1.54) is 12.8 Å². The van der Waals surface area contributed by atoms with E-state index in [0.717, 1.165) is 5.69 Å². The van der Waals surface area contributed by atoms with E-state index in [2.05, 4.69) is 20.2 Å². The van der Waals surface area contributed by atoms with Crippen molar-refractivity contribution in [2.45, 2.75) is 25.2 Å². The van der Waals surface area contributed by atoms with Gasteiger partial charge >= 0.3 is 0 Å². The summed E-state index contributed by atoms with van der Waals surface area (Å²) in [6, 6.07) is 1.96. The first-order valence-corrected chi connectivity index (χ1v) is 6.14. The second kappa shape index (κ2) is 4.34. The second-order valence-corrected chi connectivity index (χ2v) is 4.94. The summed E-state index contributed by atoms with van der Waals surface area (Å²) in [7, 11) is 0. The van der Waals surface area contributed by atoms with Crippen molar-refractivity contribution in [3.05, 3.63) is 22.2 Å². The zero-order valence-electron chi connectivity index (χ0n) is 9.91. The van der Waals surface area contributed by atoms with E-state index in [0.29, 0.717) is 31.2 Å². The fourth-order valence-electron chi connectivity index (χ4n) is 2.34. The zero-order valence-corrected chi connectivity index (χ0v) is 9.91. The average molecular weight is 246 g/mol. The molecule has 2 aliphatic rings. The molecule has 1 atom stereocenters. The van der Waals surface area contributed by atoms with Crippen molar-refractivity contribution in [3.8, 4) is 0 Å². The third-order valence-electron chi connectivity index (χ3n) is 3.49. The molecule has 7 heteroatoms. The molecule has 0 spiro atoms. The van der Waals surface area contributed by atoms with Crippen LogP contribution in [0.5, 0.6) is 0 Å². The van der Waals surface area contributed by atoms with Crippen molar-refractivity contribution in [1.29, 1.82) is 0 Å². The van der Waals surface area contributed by atoms with E-state index < -0.39 is 0 Å².